The molecule has 3 rings (SSSR count). The average molecular weight is 268 g/mol. The van der Waals surface area contributed by atoms with Crippen LogP contribution in [0.15, 0.2) is 42.9 Å². The number of nitrogens with one attached hydrogen (secondary N) is 2. The molecule has 0 saturated carbocycles. The van der Waals surface area contributed by atoms with Gasteiger partial charge in [-0.05, 0) is 32.0 Å². The van der Waals surface area contributed by atoms with E-state index in [2.05, 4.69) is 20.3 Å². The van der Waals surface area contributed by atoms with Gasteiger partial charge in [-0.1, -0.05) is 12.1 Å². The zero-order valence-corrected chi connectivity index (χ0v) is 11.4. The smallest absolute Gasteiger partial charge is 0.143 e. The van der Waals surface area contributed by atoms with Gasteiger partial charge in [0.15, 0.2) is 0 Å². The molecule has 102 valence electrons. The van der Waals surface area contributed by atoms with E-state index >= 15 is 0 Å². The van der Waals surface area contributed by atoms with E-state index in [1.54, 1.807) is 0 Å². The molecule has 0 aliphatic rings. The van der Waals surface area contributed by atoms with Crippen molar-refractivity contribution < 1.29 is 4.74 Å². The fourth-order valence-corrected chi connectivity index (χ4v) is 2.03. The minimum absolute atomic E-state index is 0.121. The zero-order chi connectivity index (χ0) is 13.9. The van der Waals surface area contributed by atoms with Gasteiger partial charge in [0.05, 0.1) is 17.2 Å². The maximum Gasteiger partial charge on any atom is 0.143 e. The largest absolute Gasteiger partial charge is 0.489 e. The molecule has 20 heavy (non-hydrogen) atoms. The Morgan fingerprint density at radius 3 is 2.85 bits per heavy atom. The minimum Gasteiger partial charge on any atom is -0.489 e. The molecule has 0 aliphatic carbocycles. The lowest BCUT2D eigenvalue weighted by atomic mass is 10.2. The number of hydrogen-bond acceptors (Lipinski definition) is 4. The maximum atomic E-state index is 5.80. The second kappa shape index (κ2) is 5.21. The van der Waals surface area contributed by atoms with Crippen LogP contribution in [0.2, 0.25) is 0 Å². The molecule has 0 fully saturated rings. The predicted molar refractivity (Wildman–Crippen MR) is 79.4 cm³/mol. The topological polar surface area (TPSA) is 62.8 Å². The molecule has 2 N–H and O–H groups in total. The first-order chi connectivity index (χ1) is 9.74. The van der Waals surface area contributed by atoms with Crippen LogP contribution < -0.4 is 10.1 Å². The fraction of sp³-hybridized carbons (Fsp3) is 0.200. The van der Waals surface area contributed by atoms with Crippen molar-refractivity contribution in [3.05, 3.63) is 42.9 Å². The van der Waals surface area contributed by atoms with Crippen LogP contribution in [-0.2, 0) is 0 Å². The lowest BCUT2D eigenvalue weighted by molar-refractivity contribution is 0.244. The Bertz CT molecular complexity index is 720. The van der Waals surface area contributed by atoms with Gasteiger partial charge in [-0.2, -0.15) is 0 Å². The number of anilines is 2. The summed E-state index contributed by atoms with van der Waals surface area (Å²) in [5.41, 5.74) is 1.70. The Labute approximate surface area is 117 Å². The van der Waals surface area contributed by atoms with Crippen LogP contribution in [0, 0.1) is 0 Å². The monoisotopic (exact) mass is 268 g/mol. The highest BCUT2D eigenvalue weighted by molar-refractivity contribution is 5.89. The summed E-state index contributed by atoms with van der Waals surface area (Å²) in [7, 11) is 0. The average Bonchev–Trinajstić information content (AvgIpc) is 2.90. The van der Waals surface area contributed by atoms with Crippen LogP contribution in [0.5, 0.6) is 5.75 Å². The number of aromatic amines is 1. The Morgan fingerprint density at radius 1 is 1.15 bits per heavy atom. The Kier molecular flexibility index (Phi) is 3.25. The quantitative estimate of drug-likeness (QED) is 0.760. The number of benzene rings is 1. The number of nitrogens with zero attached hydrogens (tertiary/aromatic N) is 2. The molecule has 5 heteroatoms. The van der Waals surface area contributed by atoms with Crippen molar-refractivity contribution in [1.29, 1.82) is 0 Å². The minimum atomic E-state index is 0.121. The molecule has 0 atom stereocenters. The Balaban J connectivity index is 1.97. The van der Waals surface area contributed by atoms with Gasteiger partial charge in [0.2, 0.25) is 0 Å². The summed E-state index contributed by atoms with van der Waals surface area (Å²) in [6.07, 6.45) is 3.50. The first-order valence-electron chi connectivity index (χ1n) is 6.55. The molecule has 0 saturated heterocycles. The van der Waals surface area contributed by atoms with Crippen LogP contribution in [-0.4, -0.2) is 21.1 Å². The van der Waals surface area contributed by atoms with Crippen molar-refractivity contribution in [2.24, 2.45) is 0 Å². The molecule has 0 spiro atoms. The van der Waals surface area contributed by atoms with Crippen molar-refractivity contribution >= 4 is 22.5 Å². The summed E-state index contributed by atoms with van der Waals surface area (Å²) in [4.78, 5) is 11.5. The van der Waals surface area contributed by atoms with Crippen LogP contribution in [0.25, 0.3) is 11.0 Å². The SMILES string of the molecule is CC(C)Oc1ccccc1Nc1ncnc2[nH]ccc12. The molecule has 0 unspecified atom stereocenters. The normalized spacial score (nSPS) is 10.9. The van der Waals surface area contributed by atoms with Crippen molar-refractivity contribution in [3.8, 4) is 5.75 Å². The first kappa shape index (κ1) is 12.5. The van der Waals surface area contributed by atoms with Crippen molar-refractivity contribution in [2.75, 3.05) is 5.32 Å². The van der Waals surface area contributed by atoms with Gasteiger partial charge >= 0.3 is 0 Å². The van der Waals surface area contributed by atoms with Gasteiger partial charge < -0.3 is 15.0 Å². The van der Waals surface area contributed by atoms with Crippen molar-refractivity contribution in [2.45, 2.75) is 20.0 Å². The van der Waals surface area contributed by atoms with Crippen LogP contribution in [0.1, 0.15) is 13.8 Å². The van der Waals surface area contributed by atoms with Gasteiger partial charge in [0, 0.05) is 6.20 Å². The van der Waals surface area contributed by atoms with Crippen molar-refractivity contribution in [3.63, 3.8) is 0 Å². The summed E-state index contributed by atoms with van der Waals surface area (Å²) in [5.74, 6) is 1.57. The highest BCUT2D eigenvalue weighted by Gasteiger charge is 2.09. The Hall–Kier alpha value is -2.56. The molecule has 0 aliphatic heterocycles. The number of rotatable bonds is 4. The number of ether oxygens (including phenoxy) is 1. The second-order valence-electron chi connectivity index (χ2n) is 4.75. The first-order valence-corrected chi connectivity index (χ1v) is 6.55. The van der Waals surface area contributed by atoms with Gasteiger partial charge in [-0.15, -0.1) is 0 Å². The van der Waals surface area contributed by atoms with Crippen LogP contribution >= 0.6 is 0 Å². The van der Waals surface area contributed by atoms with E-state index in [9.17, 15) is 0 Å². The van der Waals surface area contributed by atoms with E-state index in [-0.39, 0.29) is 6.10 Å². The summed E-state index contributed by atoms with van der Waals surface area (Å²) in [6.45, 7) is 4.01. The van der Waals surface area contributed by atoms with Crippen LogP contribution in [0.4, 0.5) is 11.5 Å². The highest BCUT2D eigenvalue weighted by atomic mass is 16.5. The number of para-hydroxylation sites is 2. The van der Waals surface area contributed by atoms with Gasteiger partial charge in [0.25, 0.3) is 0 Å². The van der Waals surface area contributed by atoms with Gasteiger partial charge in [-0.3, -0.25) is 0 Å². The third-order valence-corrected chi connectivity index (χ3v) is 2.86. The standard InChI is InChI=1S/C15H16N4O/c1-10(2)20-13-6-4-3-5-12(13)19-15-11-7-8-16-14(11)17-9-18-15/h3-10H,1-2H3,(H2,16,17,18,19). The summed E-state index contributed by atoms with van der Waals surface area (Å²) >= 11 is 0. The fourth-order valence-electron chi connectivity index (χ4n) is 2.03. The van der Waals surface area contributed by atoms with E-state index < -0.39 is 0 Å². The molecule has 0 radical (unpaired) electrons. The molecule has 2 aromatic heterocycles. The van der Waals surface area contributed by atoms with E-state index in [1.165, 1.54) is 6.33 Å². The van der Waals surface area contributed by atoms with Gasteiger partial charge in [-0.25, -0.2) is 9.97 Å². The van der Waals surface area contributed by atoms with E-state index in [0.29, 0.717) is 0 Å². The number of fused-ring (bicyclic) bond motifs is 1. The van der Waals surface area contributed by atoms with E-state index in [4.69, 9.17) is 4.74 Å². The number of aromatic nitrogens is 3. The van der Waals surface area contributed by atoms with E-state index in [0.717, 1.165) is 28.3 Å². The molecule has 0 bridgehead atoms. The van der Waals surface area contributed by atoms with Crippen molar-refractivity contribution in [1.82, 2.24) is 15.0 Å². The molecular formula is C15H16N4O. The summed E-state index contributed by atoms with van der Waals surface area (Å²) in [5, 5.41) is 4.26. The lowest BCUT2D eigenvalue weighted by Gasteiger charge is -2.15. The third kappa shape index (κ3) is 2.42. The molecule has 3 aromatic rings. The summed E-state index contributed by atoms with van der Waals surface area (Å²) in [6, 6.07) is 9.78. The molecule has 5 nitrogen and oxygen atoms in total. The third-order valence-electron chi connectivity index (χ3n) is 2.86. The maximum absolute atomic E-state index is 5.80. The Morgan fingerprint density at radius 2 is 2.00 bits per heavy atom. The second-order valence-corrected chi connectivity index (χ2v) is 4.75. The lowest BCUT2D eigenvalue weighted by Crippen LogP contribution is -2.07. The zero-order valence-electron chi connectivity index (χ0n) is 11.4. The van der Waals surface area contributed by atoms with E-state index in [1.807, 2.05) is 50.4 Å². The molecule has 1 aromatic carbocycles. The molecular weight excluding hydrogens is 252 g/mol. The van der Waals surface area contributed by atoms with Crippen LogP contribution in [0.3, 0.4) is 0 Å². The molecule has 2 heterocycles. The molecule has 0 amide bonds. The number of H-pyrrole nitrogens is 1. The number of hydrogen-bond donors (Lipinski definition) is 2. The van der Waals surface area contributed by atoms with Gasteiger partial charge in [0.1, 0.15) is 23.5 Å². The predicted octanol–water partition coefficient (Wildman–Crippen LogP) is 3.49. The summed E-state index contributed by atoms with van der Waals surface area (Å²) < 4.78 is 5.80. The highest BCUT2D eigenvalue weighted by Crippen LogP contribution is 2.29.